The number of hydrogen-bond donors (Lipinski definition) is 2. The van der Waals surface area contributed by atoms with Crippen LogP contribution in [0.25, 0.3) is 10.6 Å². The summed E-state index contributed by atoms with van der Waals surface area (Å²) < 4.78 is 0. The molecule has 0 saturated carbocycles. The molecule has 1 heterocycles. The van der Waals surface area contributed by atoms with Crippen molar-refractivity contribution in [2.24, 2.45) is 5.73 Å². The molecule has 4 nitrogen and oxygen atoms in total. The summed E-state index contributed by atoms with van der Waals surface area (Å²) in [5.74, 6) is -0.702. The Morgan fingerprint density at radius 3 is 2.81 bits per heavy atom. The van der Waals surface area contributed by atoms with Crippen molar-refractivity contribution in [2.75, 3.05) is 0 Å². The summed E-state index contributed by atoms with van der Waals surface area (Å²) in [6.45, 7) is 1.73. The SMILES string of the molecule is Cc1c(-c2nccs2)ccc(C(N)=O)c1O. The van der Waals surface area contributed by atoms with E-state index in [9.17, 15) is 9.90 Å². The molecule has 5 heteroatoms. The molecule has 0 aliphatic heterocycles. The molecular weight excluding hydrogens is 224 g/mol. The Hall–Kier alpha value is -1.88. The van der Waals surface area contributed by atoms with Crippen LogP contribution >= 0.6 is 11.3 Å². The number of hydrogen-bond acceptors (Lipinski definition) is 4. The second kappa shape index (κ2) is 3.94. The molecule has 2 aromatic rings. The van der Waals surface area contributed by atoms with Crippen molar-refractivity contribution >= 4 is 17.2 Å². The fourth-order valence-electron chi connectivity index (χ4n) is 1.49. The van der Waals surface area contributed by atoms with E-state index in [4.69, 9.17) is 5.73 Å². The van der Waals surface area contributed by atoms with E-state index in [2.05, 4.69) is 4.98 Å². The Balaban J connectivity index is 2.60. The number of nitrogens with two attached hydrogens (primary N) is 1. The minimum Gasteiger partial charge on any atom is -0.507 e. The normalized spacial score (nSPS) is 10.3. The first-order chi connectivity index (χ1) is 7.61. The number of thiazole rings is 1. The Bertz CT molecular complexity index is 535. The molecular formula is C11H10N2O2S. The van der Waals surface area contributed by atoms with E-state index in [1.54, 1.807) is 19.2 Å². The lowest BCUT2D eigenvalue weighted by Gasteiger charge is -2.07. The number of rotatable bonds is 2. The van der Waals surface area contributed by atoms with Gasteiger partial charge in [-0.05, 0) is 13.0 Å². The van der Waals surface area contributed by atoms with Crippen LogP contribution in [0.15, 0.2) is 23.7 Å². The minimum atomic E-state index is -0.633. The summed E-state index contributed by atoms with van der Waals surface area (Å²) in [6.07, 6.45) is 1.69. The maximum absolute atomic E-state index is 11.0. The molecule has 1 aromatic carbocycles. The van der Waals surface area contributed by atoms with Crippen LogP contribution in [0.3, 0.4) is 0 Å². The van der Waals surface area contributed by atoms with Gasteiger partial charge < -0.3 is 10.8 Å². The molecule has 16 heavy (non-hydrogen) atoms. The number of benzene rings is 1. The lowest BCUT2D eigenvalue weighted by atomic mass is 10.0. The minimum absolute atomic E-state index is 0.0693. The summed E-state index contributed by atoms with van der Waals surface area (Å²) >= 11 is 1.47. The molecule has 0 bridgehead atoms. The third-order valence-electron chi connectivity index (χ3n) is 2.36. The predicted octanol–water partition coefficient (Wildman–Crippen LogP) is 1.92. The lowest BCUT2D eigenvalue weighted by Crippen LogP contribution is -2.11. The highest BCUT2D eigenvalue weighted by Gasteiger charge is 2.14. The molecule has 1 aromatic heterocycles. The van der Waals surface area contributed by atoms with Crippen LogP contribution in [0.1, 0.15) is 15.9 Å². The molecule has 3 N–H and O–H groups in total. The summed E-state index contributed by atoms with van der Waals surface area (Å²) in [4.78, 5) is 15.2. The molecule has 2 rings (SSSR count). The van der Waals surface area contributed by atoms with E-state index in [0.29, 0.717) is 5.56 Å². The second-order valence-electron chi connectivity index (χ2n) is 3.34. The third kappa shape index (κ3) is 1.65. The molecule has 0 spiro atoms. The molecule has 0 radical (unpaired) electrons. The van der Waals surface area contributed by atoms with Gasteiger partial charge in [-0.1, -0.05) is 6.07 Å². The third-order valence-corrected chi connectivity index (χ3v) is 3.17. The van der Waals surface area contributed by atoms with Gasteiger partial charge in [0.2, 0.25) is 0 Å². The Labute approximate surface area is 96.4 Å². The highest BCUT2D eigenvalue weighted by molar-refractivity contribution is 7.13. The number of aromatic nitrogens is 1. The zero-order chi connectivity index (χ0) is 11.7. The number of aromatic hydroxyl groups is 1. The maximum atomic E-state index is 11.0. The van der Waals surface area contributed by atoms with Crippen molar-refractivity contribution < 1.29 is 9.90 Å². The van der Waals surface area contributed by atoms with Crippen molar-refractivity contribution in [3.05, 3.63) is 34.8 Å². The standard InChI is InChI=1S/C11H10N2O2S/c1-6-7(11-13-4-5-16-11)2-3-8(9(6)14)10(12)15/h2-5,14H,1H3,(H2,12,15). The summed E-state index contributed by atoms with van der Waals surface area (Å²) in [5, 5.41) is 12.5. The second-order valence-corrected chi connectivity index (χ2v) is 4.23. The highest BCUT2D eigenvalue weighted by atomic mass is 32.1. The van der Waals surface area contributed by atoms with Crippen LogP contribution in [0.2, 0.25) is 0 Å². The number of nitrogens with zero attached hydrogens (tertiary/aromatic N) is 1. The molecule has 1 amide bonds. The van der Waals surface area contributed by atoms with Gasteiger partial charge in [-0.3, -0.25) is 4.79 Å². The van der Waals surface area contributed by atoms with Crippen LogP contribution in [0.4, 0.5) is 0 Å². The van der Waals surface area contributed by atoms with Gasteiger partial charge in [0.25, 0.3) is 5.91 Å². The van der Waals surface area contributed by atoms with Gasteiger partial charge in [0.1, 0.15) is 10.8 Å². The van der Waals surface area contributed by atoms with Crippen LogP contribution in [0, 0.1) is 6.92 Å². The van der Waals surface area contributed by atoms with Gasteiger partial charge in [-0.2, -0.15) is 0 Å². The number of amides is 1. The topological polar surface area (TPSA) is 76.2 Å². The average Bonchev–Trinajstić information content (AvgIpc) is 2.74. The Morgan fingerprint density at radius 1 is 1.50 bits per heavy atom. The van der Waals surface area contributed by atoms with Gasteiger partial charge in [-0.15, -0.1) is 11.3 Å². The Morgan fingerprint density at radius 2 is 2.25 bits per heavy atom. The van der Waals surface area contributed by atoms with E-state index < -0.39 is 5.91 Å². The van der Waals surface area contributed by atoms with Crippen molar-refractivity contribution in [2.45, 2.75) is 6.92 Å². The van der Waals surface area contributed by atoms with E-state index in [1.807, 2.05) is 5.38 Å². The Kier molecular flexibility index (Phi) is 2.62. The first-order valence-corrected chi connectivity index (χ1v) is 5.51. The first kappa shape index (κ1) is 10.6. The molecule has 0 aliphatic rings. The molecule has 0 saturated heterocycles. The fourth-order valence-corrected chi connectivity index (χ4v) is 2.21. The van der Waals surface area contributed by atoms with Crippen molar-refractivity contribution in [3.63, 3.8) is 0 Å². The van der Waals surface area contributed by atoms with E-state index in [1.165, 1.54) is 17.4 Å². The monoisotopic (exact) mass is 234 g/mol. The largest absolute Gasteiger partial charge is 0.507 e. The van der Waals surface area contributed by atoms with E-state index >= 15 is 0 Å². The zero-order valence-corrected chi connectivity index (χ0v) is 9.41. The van der Waals surface area contributed by atoms with E-state index in [-0.39, 0.29) is 11.3 Å². The molecule has 0 unspecified atom stereocenters. The summed E-state index contributed by atoms with van der Waals surface area (Å²) in [7, 11) is 0. The number of phenols is 1. The van der Waals surface area contributed by atoms with E-state index in [0.717, 1.165) is 10.6 Å². The van der Waals surface area contributed by atoms with Crippen LogP contribution in [-0.4, -0.2) is 16.0 Å². The molecule has 0 atom stereocenters. The molecule has 0 fully saturated rings. The fraction of sp³-hybridized carbons (Fsp3) is 0.0909. The predicted molar refractivity (Wildman–Crippen MR) is 62.5 cm³/mol. The maximum Gasteiger partial charge on any atom is 0.252 e. The summed E-state index contributed by atoms with van der Waals surface area (Å²) in [5.41, 5.74) is 6.71. The van der Waals surface area contributed by atoms with Gasteiger partial charge in [0.05, 0.1) is 5.56 Å². The van der Waals surface area contributed by atoms with Gasteiger partial charge in [-0.25, -0.2) is 4.98 Å². The molecule has 82 valence electrons. The molecule has 0 aliphatic carbocycles. The van der Waals surface area contributed by atoms with Crippen LogP contribution < -0.4 is 5.73 Å². The lowest BCUT2D eigenvalue weighted by molar-refractivity contribution is 0.0997. The number of primary amides is 1. The smallest absolute Gasteiger partial charge is 0.252 e. The van der Waals surface area contributed by atoms with Crippen molar-refractivity contribution in [3.8, 4) is 16.3 Å². The van der Waals surface area contributed by atoms with Gasteiger partial charge >= 0.3 is 0 Å². The number of carbonyl (C=O) groups is 1. The highest BCUT2D eigenvalue weighted by Crippen LogP contribution is 2.32. The zero-order valence-electron chi connectivity index (χ0n) is 8.60. The van der Waals surface area contributed by atoms with Crippen molar-refractivity contribution in [1.82, 2.24) is 4.98 Å². The van der Waals surface area contributed by atoms with Crippen molar-refractivity contribution in [1.29, 1.82) is 0 Å². The average molecular weight is 234 g/mol. The van der Waals surface area contributed by atoms with Crippen LogP contribution in [0.5, 0.6) is 5.75 Å². The van der Waals surface area contributed by atoms with Crippen LogP contribution in [-0.2, 0) is 0 Å². The summed E-state index contributed by atoms with van der Waals surface area (Å²) in [6, 6.07) is 3.26. The van der Waals surface area contributed by atoms with Gasteiger partial charge in [0.15, 0.2) is 0 Å². The van der Waals surface area contributed by atoms with Gasteiger partial charge in [0, 0.05) is 22.7 Å². The quantitative estimate of drug-likeness (QED) is 0.833. The first-order valence-electron chi connectivity index (χ1n) is 4.63. The number of carbonyl (C=O) groups excluding carboxylic acids is 1.